The second-order valence-electron chi connectivity index (χ2n) is 7.45. The summed E-state index contributed by atoms with van der Waals surface area (Å²) < 4.78 is 13.1. The molecule has 1 aliphatic heterocycles. The summed E-state index contributed by atoms with van der Waals surface area (Å²) in [5.74, 6) is -1.12. The Balaban J connectivity index is 2.24. The Bertz CT molecular complexity index is 803. The first-order valence-corrected chi connectivity index (χ1v) is 9.48. The number of carbonyl (C=O) groups is 2. The van der Waals surface area contributed by atoms with Crippen molar-refractivity contribution >= 4 is 12.2 Å². The molecule has 4 N–H and O–H groups in total. The summed E-state index contributed by atoms with van der Waals surface area (Å²) >= 11 is 0. The fraction of sp³-hybridized carbons (Fsp3) is 0.429. The highest BCUT2D eigenvalue weighted by Crippen LogP contribution is 2.24. The summed E-state index contributed by atoms with van der Waals surface area (Å²) in [6.07, 6.45) is 0.287. The van der Waals surface area contributed by atoms with Gasteiger partial charge in [0.25, 0.3) is 5.91 Å². The summed E-state index contributed by atoms with van der Waals surface area (Å²) in [6.45, 7) is 4.35. The smallest absolute Gasteiger partial charge is 0.269 e. The van der Waals surface area contributed by atoms with E-state index in [0.717, 1.165) is 5.56 Å². The zero-order valence-electron chi connectivity index (χ0n) is 16.9. The molecular formula is C21H28FN3O4. The minimum absolute atomic E-state index is 0.0252. The maximum atomic E-state index is 13.1. The molecule has 1 amide bonds. The molecular weight excluding hydrogens is 377 g/mol. The number of halogens is 1. The van der Waals surface area contributed by atoms with Crippen molar-refractivity contribution in [3.8, 4) is 0 Å². The second kappa shape index (κ2) is 10.2. The van der Waals surface area contributed by atoms with E-state index in [4.69, 9.17) is 0 Å². The number of aldehydes is 1. The lowest BCUT2D eigenvalue weighted by Crippen LogP contribution is -2.36. The molecule has 7 nitrogen and oxygen atoms in total. The Labute approximate surface area is 169 Å². The zero-order valence-corrected chi connectivity index (χ0v) is 16.9. The van der Waals surface area contributed by atoms with Gasteiger partial charge in [-0.1, -0.05) is 26.0 Å². The Hall–Kier alpha value is -2.71. The van der Waals surface area contributed by atoms with Crippen molar-refractivity contribution in [2.75, 3.05) is 20.2 Å². The van der Waals surface area contributed by atoms with Crippen molar-refractivity contribution in [3.63, 3.8) is 0 Å². The van der Waals surface area contributed by atoms with Crippen LogP contribution < -0.4 is 10.6 Å². The van der Waals surface area contributed by atoms with Crippen molar-refractivity contribution in [2.24, 2.45) is 5.92 Å². The van der Waals surface area contributed by atoms with E-state index in [1.54, 1.807) is 12.1 Å². The van der Waals surface area contributed by atoms with Gasteiger partial charge in [-0.25, -0.2) is 4.39 Å². The normalized spacial score (nSPS) is 19.1. The molecule has 8 heteroatoms. The molecule has 2 rings (SSSR count). The first-order chi connectivity index (χ1) is 13.8. The molecule has 0 spiro atoms. The van der Waals surface area contributed by atoms with Crippen LogP contribution in [0.15, 0.2) is 46.9 Å². The standard InChI is InChI=1S/C21H28FN3O4/c1-13(2)20-23-19(21(29)24-20)16(17(11-26)18(28)12-27)8-9-25(3)10-14-4-6-15(22)7-5-14/h4-7,12-13,20,23,26,28H,8-11H2,1-3H3,(H,24,29)/b18-17+,19-16-. The summed E-state index contributed by atoms with van der Waals surface area (Å²) in [4.78, 5) is 25.5. The van der Waals surface area contributed by atoms with E-state index >= 15 is 0 Å². The highest BCUT2D eigenvalue weighted by Gasteiger charge is 2.31. The number of amides is 1. The van der Waals surface area contributed by atoms with Gasteiger partial charge in [-0.05, 0) is 42.7 Å². The van der Waals surface area contributed by atoms with Crippen LogP contribution in [0.1, 0.15) is 25.8 Å². The van der Waals surface area contributed by atoms with E-state index in [1.165, 1.54) is 12.1 Å². The molecule has 1 aromatic rings. The van der Waals surface area contributed by atoms with Crippen molar-refractivity contribution in [2.45, 2.75) is 33.0 Å². The number of rotatable bonds is 9. The third-order valence-corrected chi connectivity index (χ3v) is 4.83. The molecule has 0 aromatic heterocycles. The minimum Gasteiger partial charge on any atom is -0.504 e. The van der Waals surface area contributed by atoms with E-state index in [9.17, 15) is 24.2 Å². The summed E-state index contributed by atoms with van der Waals surface area (Å²) in [7, 11) is 1.87. The van der Waals surface area contributed by atoms with Crippen LogP contribution in [0.2, 0.25) is 0 Å². The first-order valence-electron chi connectivity index (χ1n) is 9.48. The Kier molecular flexibility index (Phi) is 7.92. The lowest BCUT2D eigenvalue weighted by molar-refractivity contribution is -0.116. The Morgan fingerprint density at radius 2 is 1.93 bits per heavy atom. The zero-order chi connectivity index (χ0) is 21.6. The van der Waals surface area contributed by atoms with Gasteiger partial charge in [0.15, 0.2) is 12.0 Å². The summed E-state index contributed by atoms with van der Waals surface area (Å²) in [6, 6.07) is 6.18. The van der Waals surface area contributed by atoms with Gasteiger partial charge in [0.2, 0.25) is 0 Å². The number of nitrogens with zero attached hydrogens (tertiary/aromatic N) is 1. The number of nitrogens with one attached hydrogen (secondary N) is 2. The fourth-order valence-corrected chi connectivity index (χ4v) is 3.14. The van der Waals surface area contributed by atoms with Gasteiger partial charge >= 0.3 is 0 Å². The average molecular weight is 405 g/mol. The van der Waals surface area contributed by atoms with Crippen LogP contribution in [0.25, 0.3) is 0 Å². The van der Waals surface area contributed by atoms with Gasteiger partial charge in [0.05, 0.1) is 6.61 Å². The number of hydrogen-bond donors (Lipinski definition) is 4. The van der Waals surface area contributed by atoms with Crippen LogP contribution in [-0.4, -0.2) is 53.7 Å². The molecule has 0 saturated carbocycles. The third-order valence-electron chi connectivity index (χ3n) is 4.83. The molecule has 1 aliphatic rings. The predicted molar refractivity (Wildman–Crippen MR) is 107 cm³/mol. The number of allylic oxidation sites excluding steroid dienone is 1. The largest absolute Gasteiger partial charge is 0.504 e. The number of aliphatic hydroxyl groups is 2. The highest BCUT2D eigenvalue weighted by molar-refractivity contribution is 5.97. The van der Waals surface area contributed by atoms with Gasteiger partial charge in [-0.2, -0.15) is 0 Å². The van der Waals surface area contributed by atoms with E-state index in [1.807, 2.05) is 25.8 Å². The summed E-state index contributed by atoms with van der Waals surface area (Å²) in [5.41, 5.74) is 1.59. The van der Waals surface area contributed by atoms with Crippen LogP contribution in [0.5, 0.6) is 0 Å². The van der Waals surface area contributed by atoms with Gasteiger partial charge < -0.3 is 25.7 Å². The highest BCUT2D eigenvalue weighted by atomic mass is 19.1. The van der Waals surface area contributed by atoms with Crippen molar-refractivity contribution in [1.29, 1.82) is 0 Å². The van der Waals surface area contributed by atoms with E-state index < -0.39 is 12.4 Å². The third kappa shape index (κ3) is 5.88. The number of hydrogen-bond acceptors (Lipinski definition) is 6. The fourth-order valence-electron chi connectivity index (χ4n) is 3.14. The summed E-state index contributed by atoms with van der Waals surface area (Å²) in [5, 5.41) is 25.6. The van der Waals surface area contributed by atoms with Crippen molar-refractivity contribution < 1.29 is 24.2 Å². The van der Waals surface area contributed by atoms with E-state index in [0.29, 0.717) is 25.1 Å². The molecule has 1 atom stereocenters. The van der Waals surface area contributed by atoms with E-state index in [-0.39, 0.29) is 41.4 Å². The number of aliphatic hydroxyl groups excluding tert-OH is 2. The lowest BCUT2D eigenvalue weighted by atomic mass is 9.99. The molecule has 158 valence electrons. The van der Waals surface area contributed by atoms with Crippen molar-refractivity contribution in [3.05, 3.63) is 58.2 Å². The SMILES string of the molecule is CC(C)C1NC(=O)/C(=C(CCN(C)Cc2ccc(F)cc2)/C(CO)=C(/O)C=O)N1. The van der Waals surface area contributed by atoms with Gasteiger partial charge in [-0.15, -0.1) is 0 Å². The maximum absolute atomic E-state index is 13.1. The molecule has 1 heterocycles. The monoisotopic (exact) mass is 405 g/mol. The average Bonchev–Trinajstić information content (AvgIpc) is 3.08. The molecule has 29 heavy (non-hydrogen) atoms. The predicted octanol–water partition coefficient (Wildman–Crippen LogP) is 1.61. The molecule has 1 fully saturated rings. The number of carbonyl (C=O) groups excluding carboxylic acids is 2. The van der Waals surface area contributed by atoms with Crippen LogP contribution in [0, 0.1) is 11.7 Å². The van der Waals surface area contributed by atoms with Gasteiger partial charge in [-0.3, -0.25) is 9.59 Å². The maximum Gasteiger partial charge on any atom is 0.269 e. The molecule has 1 saturated heterocycles. The van der Waals surface area contributed by atoms with Crippen LogP contribution in [0.3, 0.4) is 0 Å². The van der Waals surface area contributed by atoms with Gasteiger partial charge in [0.1, 0.15) is 17.7 Å². The second-order valence-corrected chi connectivity index (χ2v) is 7.45. The molecule has 0 radical (unpaired) electrons. The Morgan fingerprint density at radius 3 is 2.45 bits per heavy atom. The van der Waals surface area contributed by atoms with Gasteiger partial charge in [0, 0.05) is 18.7 Å². The molecule has 1 aromatic carbocycles. The molecule has 0 bridgehead atoms. The first kappa shape index (κ1) is 22.6. The Morgan fingerprint density at radius 1 is 1.28 bits per heavy atom. The van der Waals surface area contributed by atoms with Crippen LogP contribution in [0.4, 0.5) is 4.39 Å². The minimum atomic E-state index is -0.598. The number of benzene rings is 1. The lowest BCUT2D eigenvalue weighted by Gasteiger charge is -2.20. The van der Waals surface area contributed by atoms with E-state index in [2.05, 4.69) is 10.6 Å². The molecule has 0 aliphatic carbocycles. The quantitative estimate of drug-likeness (QED) is 0.283. The topological polar surface area (TPSA) is 102 Å². The van der Waals surface area contributed by atoms with Crippen molar-refractivity contribution in [1.82, 2.24) is 15.5 Å². The van der Waals surface area contributed by atoms with Crippen LogP contribution >= 0.6 is 0 Å². The molecule has 1 unspecified atom stereocenters. The van der Waals surface area contributed by atoms with Crippen LogP contribution in [-0.2, 0) is 16.1 Å².